The monoisotopic (exact) mass is 602 g/mol. The van der Waals surface area contributed by atoms with Crippen molar-refractivity contribution in [2.45, 2.75) is 38.8 Å². The molecular weight excluding hydrogens is 564 g/mol. The van der Waals surface area contributed by atoms with Gasteiger partial charge in [0.05, 0.1) is 12.3 Å². The maximum absolute atomic E-state index is 13.5. The number of rotatable bonds is 13. The van der Waals surface area contributed by atoms with Crippen molar-refractivity contribution in [3.05, 3.63) is 83.7 Å². The van der Waals surface area contributed by atoms with Gasteiger partial charge in [-0.25, -0.2) is 14.8 Å². The maximum atomic E-state index is 13.5. The second-order valence-corrected chi connectivity index (χ2v) is 10.3. The Hall–Kier alpha value is -4.84. The van der Waals surface area contributed by atoms with Crippen LogP contribution in [0.2, 0.25) is 0 Å². The van der Waals surface area contributed by atoms with E-state index < -0.39 is 29.9 Å². The number of carboxylic acids is 1. The zero-order valence-corrected chi connectivity index (χ0v) is 24.8. The topological polar surface area (TPSA) is 154 Å². The van der Waals surface area contributed by atoms with E-state index in [0.29, 0.717) is 24.6 Å². The first-order chi connectivity index (χ1) is 21.3. The van der Waals surface area contributed by atoms with Gasteiger partial charge in [0.2, 0.25) is 5.91 Å². The molecule has 3 amide bonds. The van der Waals surface area contributed by atoms with Crippen molar-refractivity contribution in [2.75, 3.05) is 39.3 Å². The number of benzene rings is 2. The van der Waals surface area contributed by atoms with E-state index in [9.17, 15) is 24.3 Å². The summed E-state index contributed by atoms with van der Waals surface area (Å²) in [4.78, 5) is 62.6. The number of nitrogens with zero attached hydrogens (tertiary/aromatic N) is 4. The zero-order chi connectivity index (χ0) is 31.3. The SMILES string of the molecule is CCOC(=O)N1CCN(C(=O)[C@H](CCC(=O)O)NC(=O)c2cc(CNCCc3ccccc3)nc(-c3ccccc3)n2)CC1. The van der Waals surface area contributed by atoms with Gasteiger partial charge in [-0.2, -0.15) is 0 Å². The number of carbonyl (C=O) groups excluding carboxylic acids is 3. The van der Waals surface area contributed by atoms with Gasteiger partial charge in [-0.3, -0.25) is 14.4 Å². The third kappa shape index (κ3) is 9.33. The number of nitrogens with one attached hydrogen (secondary N) is 2. The lowest BCUT2D eigenvalue weighted by Crippen LogP contribution is -2.56. The van der Waals surface area contributed by atoms with Crippen LogP contribution in [0.3, 0.4) is 0 Å². The van der Waals surface area contributed by atoms with Crippen LogP contribution in [0.1, 0.15) is 41.5 Å². The van der Waals surface area contributed by atoms with Crippen LogP contribution in [0.25, 0.3) is 11.4 Å². The molecule has 4 rings (SSSR count). The number of piperazine rings is 1. The summed E-state index contributed by atoms with van der Waals surface area (Å²) in [7, 11) is 0. The lowest BCUT2D eigenvalue weighted by molar-refractivity contribution is -0.138. The van der Waals surface area contributed by atoms with E-state index in [4.69, 9.17) is 4.74 Å². The fraction of sp³-hybridized carbons (Fsp3) is 0.375. The highest BCUT2D eigenvalue weighted by Gasteiger charge is 2.31. The van der Waals surface area contributed by atoms with E-state index in [0.717, 1.165) is 12.0 Å². The van der Waals surface area contributed by atoms with Crippen LogP contribution in [0.4, 0.5) is 4.79 Å². The van der Waals surface area contributed by atoms with Gasteiger partial charge in [0.15, 0.2) is 5.82 Å². The minimum atomic E-state index is -1.09. The van der Waals surface area contributed by atoms with Gasteiger partial charge in [-0.1, -0.05) is 60.7 Å². The molecule has 3 N–H and O–H groups in total. The number of carboxylic acid groups (broad SMARTS) is 1. The first-order valence-corrected chi connectivity index (χ1v) is 14.7. The quantitative estimate of drug-likeness (QED) is 0.251. The molecule has 0 unspecified atom stereocenters. The van der Waals surface area contributed by atoms with Crippen molar-refractivity contribution >= 4 is 23.9 Å². The standard InChI is InChI=1S/C32H38N6O6/c1-2-44-32(43)38-19-17-37(18-20-38)31(42)26(13-14-28(39)40)36-30(41)27-21-25(22-33-16-15-23-9-5-3-6-10-23)34-29(35-27)24-11-7-4-8-12-24/h3-12,21,26,33H,2,13-20,22H2,1H3,(H,36,41)(H,39,40)/t26-/m0/s1. The van der Waals surface area contributed by atoms with Crippen LogP contribution in [-0.4, -0.2) is 94.1 Å². The minimum absolute atomic E-state index is 0.0685. The van der Waals surface area contributed by atoms with E-state index in [1.807, 2.05) is 48.5 Å². The summed E-state index contributed by atoms with van der Waals surface area (Å²) in [5.41, 5.74) is 2.59. The van der Waals surface area contributed by atoms with Crippen LogP contribution in [0.5, 0.6) is 0 Å². The van der Waals surface area contributed by atoms with Crippen molar-refractivity contribution in [1.82, 2.24) is 30.4 Å². The number of carbonyl (C=O) groups is 4. The Bertz CT molecular complexity index is 1410. The van der Waals surface area contributed by atoms with E-state index in [2.05, 4.69) is 32.7 Å². The van der Waals surface area contributed by atoms with Gasteiger partial charge < -0.3 is 30.3 Å². The lowest BCUT2D eigenvalue weighted by Gasteiger charge is -2.35. The molecule has 0 radical (unpaired) electrons. The van der Waals surface area contributed by atoms with Crippen LogP contribution in [0, 0.1) is 0 Å². The van der Waals surface area contributed by atoms with Crippen LogP contribution in [-0.2, 0) is 27.3 Å². The fourth-order valence-corrected chi connectivity index (χ4v) is 4.82. The Morgan fingerprint density at radius 2 is 1.59 bits per heavy atom. The van der Waals surface area contributed by atoms with Crippen molar-refractivity contribution in [1.29, 1.82) is 0 Å². The molecule has 12 heteroatoms. The highest BCUT2D eigenvalue weighted by molar-refractivity contribution is 5.96. The van der Waals surface area contributed by atoms with Gasteiger partial charge in [-0.15, -0.1) is 0 Å². The van der Waals surface area contributed by atoms with Gasteiger partial charge in [0, 0.05) is 44.7 Å². The Morgan fingerprint density at radius 3 is 2.25 bits per heavy atom. The summed E-state index contributed by atoms with van der Waals surface area (Å²) in [6, 6.07) is 19.8. The molecule has 1 fully saturated rings. The normalized spacial score (nSPS) is 13.7. The number of hydrogen-bond acceptors (Lipinski definition) is 8. The third-order valence-electron chi connectivity index (χ3n) is 7.15. The summed E-state index contributed by atoms with van der Waals surface area (Å²) in [6.45, 7) is 4.09. The molecule has 1 aliphatic rings. The van der Waals surface area contributed by atoms with Crippen LogP contribution in [0.15, 0.2) is 66.7 Å². The number of aromatic nitrogens is 2. The molecule has 3 aromatic rings. The molecule has 44 heavy (non-hydrogen) atoms. The second kappa shape index (κ2) is 16.1. The first kappa shape index (κ1) is 32.1. The summed E-state index contributed by atoms with van der Waals surface area (Å²) in [5, 5.41) is 15.4. The second-order valence-electron chi connectivity index (χ2n) is 10.3. The minimum Gasteiger partial charge on any atom is -0.481 e. The largest absolute Gasteiger partial charge is 0.481 e. The molecule has 0 spiro atoms. The molecule has 1 saturated heterocycles. The van der Waals surface area contributed by atoms with Crippen molar-refractivity contribution in [3.63, 3.8) is 0 Å². The Morgan fingerprint density at radius 1 is 0.932 bits per heavy atom. The van der Waals surface area contributed by atoms with Gasteiger partial charge >= 0.3 is 12.1 Å². The predicted octanol–water partition coefficient (Wildman–Crippen LogP) is 2.74. The van der Waals surface area contributed by atoms with Crippen molar-refractivity contribution < 1.29 is 29.0 Å². The third-order valence-corrected chi connectivity index (χ3v) is 7.15. The van der Waals surface area contributed by atoms with Crippen LogP contribution >= 0.6 is 0 Å². The first-order valence-electron chi connectivity index (χ1n) is 14.7. The maximum Gasteiger partial charge on any atom is 0.409 e. The van der Waals surface area contributed by atoms with E-state index in [-0.39, 0.29) is 51.3 Å². The van der Waals surface area contributed by atoms with Crippen molar-refractivity contribution in [3.8, 4) is 11.4 Å². The average molecular weight is 603 g/mol. The highest BCUT2D eigenvalue weighted by Crippen LogP contribution is 2.17. The molecule has 232 valence electrons. The van der Waals surface area contributed by atoms with Gasteiger partial charge in [-0.05, 0) is 37.9 Å². The number of hydrogen-bond donors (Lipinski definition) is 3. The smallest absolute Gasteiger partial charge is 0.409 e. The highest BCUT2D eigenvalue weighted by atomic mass is 16.6. The molecule has 2 aromatic carbocycles. The molecule has 1 aromatic heterocycles. The Labute approximate surface area is 256 Å². The molecule has 12 nitrogen and oxygen atoms in total. The molecule has 0 bridgehead atoms. The average Bonchev–Trinajstić information content (AvgIpc) is 3.05. The summed E-state index contributed by atoms with van der Waals surface area (Å²) >= 11 is 0. The summed E-state index contributed by atoms with van der Waals surface area (Å²) in [5.74, 6) is -1.74. The van der Waals surface area contributed by atoms with E-state index in [1.54, 1.807) is 13.0 Å². The number of amides is 3. The van der Waals surface area contributed by atoms with E-state index >= 15 is 0 Å². The summed E-state index contributed by atoms with van der Waals surface area (Å²) < 4.78 is 5.04. The Kier molecular flexibility index (Phi) is 11.8. The predicted molar refractivity (Wildman–Crippen MR) is 163 cm³/mol. The molecule has 0 saturated carbocycles. The van der Waals surface area contributed by atoms with Crippen molar-refractivity contribution in [2.24, 2.45) is 0 Å². The number of ether oxygens (including phenoxy) is 1. The van der Waals surface area contributed by atoms with E-state index in [1.165, 1.54) is 15.4 Å². The van der Waals surface area contributed by atoms with Gasteiger partial charge in [0.1, 0.15) is 11.7 Å². The van der Waals surface area contributed by atoms with Gasteiger partial charge in [0.25, 0.3) is 5.91 Å². The molecule has 1 aliphatic heterocycles. The molecule has 1 atom stereocenters. The fourth-order valence-electron chi connectivity index (χ4n) is 4.82. The molecule has 2 heterocycles. The summed E-state index contributed by atoms with van der Waals surface area (Å²) in [6.07, 6.45) is -0.0252. The van der Waals surface area contributed by atoms with Crippen LogP contribution < -0.4 is 10.6 Å². The number of aliphatic carboxylic acids is 1. The zero-order valence-electron chi connectivity index (χ0n) is 24.8. The molecular formula is C32H38N6O6. The lowest BCUT2D eigenvalue weighted by atomic mass is 10.1. The Balaban J connectivity index is 1.48. The molecule has 0 aliphatic carbocycles.